The molecule has 0 unspecified atom stereocenters. The standard InChI is InChI=1S/C15H21N3O2/c1-19-13-3-4-14(20-2)12-9-18(8-5-11(12)13)10-15-16-6-7-17-15/h3-4H,5-10H2,1-2H3,(H,16,17). The van der Waals surface area contributed by atoms with E-state index in [1.54, 1.807) is 14.2 Å². The van der Waals surface area contributed by atoms with Crippen LogP contribution in [-0.2, 0) is 13.0 Å². The monoisotopic (exact) mass is 275 g/mol. The zero-order valence-corrected chi connectivity index (χ0v) is 12.1. The summed E-state index contributed by atoms with van der Waals surface area (Å²) >= 11 is 0. The maximum Gasteiger partial charge on any atom is 0.123 e. The predicted molar refractivity (Wildman–Crippen MR) is 78.8 cm³/mol. The van der Waals surface area contributed by atoms with E-state index in [0.29, 0.717) is 0 Å². The molecule has 2 aliphatic heterocycles. The SMILES string of the molecule is COc1ccc(OC)c2c1CCN(CC1=NCCN1)C2. The second kappa shape index (κ2) is 5.71. The molecule has 1 N–H and O–H groups in total. The van der Waals surface area contributed by atoms with Crippen LogP contribution in [0, 0.1) is 0 Å². The van der Waals surface area contributed by atoms with E-state index in [9.17, 15) is 0 Å². The van der Waals surface area contributed by atoms with Gasteiger partial charge in [0.2, 0.25) is 0 Å². The average Bonchev–Trinajstić information content (AvgIpc) is 2.99. The van der Waals surface area contributed by atoms with Gasteiger partial charge in [-0.1, -0.05) is 0 Å². The summed E-state index contributed by atoms with van der Waals surface area (Å²) < 4.78 is 11.0. The van der Waals surface area contributed by atoms with Crippen molar-refractivity contribution in [2.75, 3.05) is 40.4 Å². The number of hydrogen-bond donors (Lipinski definition) is 1. The lowest BCUT2D eigenvalue weighted by Crippen LogP contribution is -2.38. The predicted octanol–water partition coefficient (Wildman–Crippen LogP) is 1.06. The Balaban J connectivity index is 1.82. The molecule has 0 fully saturated rings. The molecule has 0 atom stereocenters. The number of benzene rings is 1. The summed E-state index contributed by atoms with van der Waals surface area (Å²) in [5, 5.41) is 3.33. The second-order valence-corrected chi connectivity index (χ2v) is 5.14. The Morgan fingerprint density at radius 3 is 2.60 bits per heavy atom. The van der Waals surface area contributed by atoms with Gasteiger partial charge < -0.3 is 14.8 Å². The number of rotatable bonds is 4. The third kappa shape index (κ3) is 2.45. The van der Waals surface area contributed by atoms with Crippen molar-refractivity contribution >= 4 is 5.84 Å². The first-order valence-electron chi connectivity index (χ1n) is 7.04. The molecule has 0 saturated carbocycles. The number of fused-ring (bicyclic) bond motifs is 1. The fourth-order valence-electron chi connectivity index (χ4n) is 2.95. The third-order valence-electron chi connectivity index (χ3n) is 3.96. The van der Waals surface area contributed by atoms with Crippen LogP contribution in [0.1, 0.15) is 11.1 Å². The molecule has 0 aliphatic carbocycles. The minimum absolute atomic E-state index is 0.885. The van der Waals surface area contributed by atoms with Gasteiger partial charge in [-0.15, -0.1) is 0 Å². The molecule has 2 heterocycles. The molecule has 0 bridgehead atoms. The maximum atomic E-state index is 5.50. The minimum atomic E-state index is 0.885. The van der Waals surface area contributed by atoms with Gasteiger partial charge in [0.05, 0.1) is 27.3 Å². The molecular weight excluding hydrogens is 254 g/mol. The van der Waals surface area contributed by atoms with Crippen LogP contribution in [0.25, 0.3) is 0 Å². The van der Waals surface area contributed by atoms with Gasteiger partial charge in [0, 0.05) is 30.8 Å². The Kier molecular flexibility index (Phi) is 3.78. The van der Waals surface area contributed by atoms with Crippen LogP contribution < -0.4 is 14.8 Å². The van der Waals surface area contributed by atoms with Crippen LogP contribution in [0.2, 0.25) is 0 Å². The summed E-state index contributed by atoms with van der Waals surface area (Å²) in [7, 11) is 3.45. The van der Waals surface area contributed by atoms with Crippen LogP contribution in [0.3, 0.4) is 0 Å². The lowest BCUT2D eigenvalue weighted by atomic mass is 9.97. The van der Waals surface area contributed by atoms with Gasteiger partial charge in [0.25, 0.3) is 0 Å². The van der Waals surface area contributed by atoms with Crippen molar-refractivity contribution in [2.45, 2.75) is 13.0 Å². The molecular formula is C15H21N3O2. The fourth-order valence-corrected chi connectivity index (χ4v) is 2.95. The van der Waals surface area contributed by atoms with E-state index in [-0.39, 0.29) is 0 Å². The van der Waals surface area contributed by atoms with Crippen LogP contribution >= 0.6 is 0 Å². The number of ether oxygens (including phenoxy) is 2. The molecule has 108 valence electrons. The topological polar surface area (TPSA) is 46.1 Å². The van der Waals surface area contributed by atoms with Crippen molar-refractivity contribution in [3.05, 3.63) is 23.3 Å². The summed E-state index contributed by atoms with van der Waals surface area (Å²) in [6, 6.07) is 3.99. The molecule has 0 saturated heterocycles. The van der Waals surface area contributed by atoms with Gasteiger partial charge >= 0.3 is 0 Å². The Morgan fingerprint density at radius 1 is 1.20 bits per heavy atom. The summed E-state index contributed by atoms with van der Waals surface area (Å²) in [4.78, 5) is 6.87. The van der Waals surface area contributed by atoms with Crippen LogP contribution in [0.15, 0.2) is 17.1 Å². The van der Waals surface area contributed by atoms with Crippen molar-refractivity contribution < 1.29 is 9.47 Å². The number of aliphatic imine (C=N–C) groups is 1. The molecule has 1 aromatic rings. The van der Waals surface area contributed by atoms with E-state index in [0.717, 1.165) is 56.5 Å². The number of nitrogens with one attached hydrogen (secondary N) is 1. The van der Waals surface area contributed by atoms with Gasteiger partial charge in [-0.2, -0.15) is 0 Å². The minimum Gasteiger partial charge on any atom is -0.496 e. The van der Waals surface area contributed by atoms with Crippen molar-refractivity contribution in [1.82, 2.24) is 10.2 Å². The molecule has 0 radical (unpaired) electrons. The maximum absolute atomic E-state index is 5.50. The Hall–Kier alpha value is -1.75. The van der Waals surface area contributed by atoms with Crippen molar-refractivity contribution in [3.63, 3.8) is 0 Å². The first-order chi connectivity index (χ1) is 9.81. The Bertz CT molecular complexity index is 528. The molecule has 5 heteroatoms. The van der Waals surface area contributed by atoms with Gasteiger partial charge in [0.1, 0.15) is 17.3 Å². The van der Waals surface area contributed by atoms with Crippen LogP contribution in [-0.4, -0.2) is 51.1 Å². The number of nitrogens with zero attached hydrogens (tertiary/aromatic N) is 2. The largest absolute Gasteiger partial charge is 0.496 e. The van der Waals surface area contributed by atoms with E-state index < -0.39 is 0 Å². The molecule has 3 rings (SSSR count). The van der Waals surface area contributed by atoms with E-state index in [4.69, 9.17) is 9.47 Å². The summed E-state index contributed by atoms with van der Waals surface area (Å²) in [5.74, 6) is 3.03. The lowest BCUT2D eigenvalue weighted by molar-refractivity contribution is 0.275. The molecule has 0 spiro atoms. The van der Waals surface area contributed by atoms with Gasteiger partial charge in [0.15, 0.2) is 0 Å². The third-order valence-corrected chi connectivity index (χ3v) is 3.96. The normalized spacial score (nSPS) is 18.2. The van der Waals surface area contributed by atoms with E-state index in [1.165, 1.54) is 11.1 Å². The van der Waals surface area contributed by atoms with Crippen molar-refractivity contribution in [2.24, 2.45) is 4.99 Å². The Labute approximate surface area is 119 Å². The molecule has 0 amide bonds. The average molecular weight is 275 g/mol. The summed E-state index contributed by atoms with van der Waals surface area (Å²) in [5.41, 5.74) is 2.53. The zero-order valence-electron chi connectivity index (χ0n) is 12.1. The molecule has 2 aliphatic rings. The molecule has 5 nitrogen and oxygen atoms in total. The number of amidine groups is 1. The number of methoxy groups -OCH3 is 2. The van der Waals surface area contributed by atoms with Gasteiger partial charge in [-0.25, -0.2) is 0 Å². The fraction of sp³-hybridized carbons (Fsp3) is 0.533. The smallest absolute Gasteiger partial charge is 0.123 e. The van der Waals surface area contributed by atoms with Gasteiger partial charge in [-0.3, -0.25) is 9.89 Å². The molecule has 0 aromatic heterocycles. The quantitative estimate of drug-likeness (QED) is 0.892. The van der Waals surface area contributed by atoms with E-state index in [2.05, 4.69) is 15.2 Å². The van der Waals surface area contributed by atoms with E-state index in [1.807, 2.05) is 12.1 Å². The first kappa shape index (κ1) is 13.2. The highest BCUT2D eigenvalue weighted by Gasteiger charge is 2.24. The highest BCUT2D eigenvalue weighted by Crippen LogP contribution is 2.34. The van der Waals surface area contributed by atoms with Crippen LogP contribution in [0.4, 0.5) is 0 Å². The highest BCUT2D eigenvalue weighted by atomic mass is 16.5. The number of hydrogen-bond acceptors (Lipinski definition) is 5. The first-order valence-corrected chi connectivity index (χ1v) is 7.04. The second-order valence-electron chi connectivity index (χ2n) is 5.14. The Morgan fingerprint density at radius 2 is 1.95 bits per heavy atom. The zero-order chi connectivity index (χ0) is 13.9. The van der Waals surface area contributed by atoms with Crippen molar-refractivity contribution in [3.8, 4) is 11.5 Å². The van der Waals surface area contributed by atoms with E-state index >= 15 is 0 Å². The van der Waals surface area contributed by atoms with Crippen LogP contribution in [0.5, 0.6) is 11.5 Å². The van der Waals surface area contributed by atoms with Gasteiger partial charge in [-0.05, 0) is 18.6 Å². The summed E-state index contributed by atoms with van der Waals surface area (Å²) in [6.45, 7) is 4.67. The molecule has 1 aromatic carbocycles. The summed E-state index contributed by atoms with van der Waals surface area (Å²) in [6.07, 6.45) is 0.989. The molecule has 20 heavy (non-hydrogen) atoms. The highest BCUT2D eigenvalue weighted by molar-refractivity contribution is 5.85. The van der Waals surface area contributed by atoms with Crippen molar-refractivity contribution in [1.29, 1.82) is 0 Å². The lowest BCUT2D eigenvalue weighted by Gasteiger charge is -2.30.